The van der Waals surface area contributed by atoms with Crippen molar-refractivity contribution in [3.05, 3.63) is 106 Å². The highest BCUT2D eigenvalue weighted by Crippen LogP contribution is 2.33. The van der Waals surface area contributed by atoms with Crippen LogP contribution in [-0.4, -0.2) is 62.4 Å². The molecule has 3 aromatic carbocycles. The van der Waals surface area contributed by atoms with Gasteiger partial charge < -0.3 is 10.1 Å². The standard InChI is InChI=1S/C32H30Cl2FN7O/c33-23-5-3-21(4-6-23)27(31-17-42(40-38-31)25-9-11-41(12-10-25)26-18-43-19-26)13-20-1-2-22-16-36-39-32(28(22)14-20)37-24-7-8-30(35)29(34)15-24/h1-8,14-17,25-27H,9-13,18-19H2,(H,37,39)/t27-/m0/s1. The van der Waals surface area contributed by atoms with Gasteiger partial charge in [0.15, 0.2) is 5.82 Å². The molecule has 2 saturated heterocycles. The van der Waals surface area contributed by atoms with Crippen molar-refractivity contribution in [2.24, 2.45) is 0 Å². The molecule has 0 aliphatic carbocycles. The Morgan fingerprint density at radius 2 is 1.77 bits per heavy atom. The first-order valence-corrected chi connectivity index (χ1v) is 15.2. The molecule has 11 heteroatoms. The molecule has 0 saturated carbocycles. The van der Waals surface area contributed by atoms with E-state index in [9.17, 15) is 4.39 Å². The van der Waals surface area contributed by atoms with E-state index in [0.717, 1.165) is 66.7 Å². The summed E-state index contributed by atoms with van der Waals surface area (Å²) in [5.74, 6) is 0.0616. The minimum Gasteiger partial charge on any atom is -0.378 e. The molecule has 2 aromatic heterocycles. The molecule has 1 N–H and O–H groups in total. The fourth-order valence-electron chi connectivity index (χ4n) is 5.96. The molecule has 0 amide bonds. The topological polar surface area (TPSA) is 81.0 Å². The van der Waals surface area contributed by atoms with Crippen LogP contribution < -0.4 is 5.32 Å². The minimum absolute atomic E-state index is 0.0298. The third kappa shape index (κ3) is 6.08. The van der Waals surface area contributed by atoms with E-state index in [2.05, 4.69) is 65.9 Å². The molecule has 8 nitrogen and oxygen atoms in total. The number of benzene rings is 3. The number of nitrogens with one attached hydrogen (secondary N) is 1. The zero-order valence-electron chi connectivity index (χ0n) is 23.3. The third-order valence-electron chi connectivity index (χ3n) is 8.52. The molecule has 0 unspecified atom stereocenters. The average molecular weight is 619 g/mol. The van der Waals surface area contributed by atoms with Gasteiger partial charge in [0.25, 0.3) is 0 Å². The lowest BCUT2D eigenvalue weighted by Gasteiger charge is -2.41. The van der Waals surface area contributed by atoms with Crippen molar-refractivity contribution >= 4 is 45.5 Å². The van der Waals surface area contributed by atoms with E-state index in [-0.39, 0.29) is 10.9 Å². The van der Waals surface area contributed by atoms with Gasteiger partial charge >= 0.3 is 0 Å². The van der Waals surface area contributed by atoms with Gasteiger partial charge in [-0.2, -0.15) is 5.10 Å². The fraction of sp³-hybridized carbons (Fsp3) is 0.312. The Morgan fingerprint density at radius 1 is 0.953 bits per heavy atom. The summed E-state index contributed by atoms with van der Waals surface area (Å²) < 4.78 is 21.2. The molecule has 7 rings (SSSR count). The summed E-state index contributed by atoms with van der Waals surface area (Å²) in [7, 11) is 0. The monoisotopic (exact) mass is 617 g/mol. The number of aromatic nitrogens is 5. The lowest BCUT2D eigenvalue weighted by atomic mass is 9.89. The molecule has 220 valence electrons. The van der Waals surface area contributed by atoms with E-state index in [0.29, 0.717) is 35.0 Å². The van der Waals surface area contributed by atoms with Crippen LogP contribution in [-0.2, 0) is 11.2 Å². The first kappa shape index (κ1) is 28.2. The predicted molar refractivity (Wildman–Crippen MR) is 166 cm³/mol. The van der Waals surface area contributed by atoms with Gasteiger partial charge in [-0.3, -0.25) is 4.90 Å². The molecule has 2 aliphatic rings. The Bertz CT molecular complexity index is 1740. The Kier molecular flexibility index (Phi) is 7.97. The van der Waals surface area contributed by atoms with E-state index >= 15 is 0 Å². The van der Waals surface area contributed by atoms with Gasteiger partial charge in [0, 0.05) is 46.7 Å². The van der Waals surface area contributed by atoms with E-state index < -0.39 is 5.82 Å². The molecule has 2 fully saturated rings. The summed E-state index contributed by atoms with van der Waals surface area (Å²) in [5.41, 5.74) is 3.76. The first-order valence-electron chi connectivity index (χ1n) is 14.5. The van der Waals surface area contributed by atoms with Crippen molar-refractivity contribution in [3.8, 4) is 0 Å². The quantitative estimate of drug-likeness (QED) is 0.204. The molecule has 4 heterocycles. The van der Waals surface area contributed by atoms with Gasteiger partial charge in [-0.05, 0) is 66.8 Å². The summed E-state index contributed by atoms with van der Waals surface area (Å²) in [4.78, 5) is 2.53. The molecular formula is C32H30Cl2FN7O. The number of likely N-dealkylation sites (tertiary alicyclic amines) is 1. The fourth-order valence-corrected chi connectivity index (χ4v) is 6.26. The first-order chi connectivity index (χ1) is 21.0. The summed E-state index contributed by atoms with van der Waals surface area (Å²) in [6, 6.07) is 19.6. The zero-order chi connectivity index (χ0) is 29.3. The second-order valence-corrected chi connectivity index (χ2v) is 12.1. The highest BCUT2D eigenvalue weighted by Gasteiger charge is 2.31. The van der Waals surface area contributed by atoms with Gasteiger partial charge in [0.1, 0.15) is 5.82 Å². The summed E-state index contributed by atoms with van der Waals surface area (Å²) in [6.07, 6.45) is 6.63. The van der Waals surface area contributed by atoms with Crippen molar-refractivity contribution in [1.29, 1.82) is 0 Å². The van der Waals surface area contributed by atoms with Crippen LogP contribution in [0.25, 0.3) is 10.8 Å². The molecule has 43 heavy (non-hydrogen) atoms. The number of piperidine rings is 1. The number of anilines is 2. The highest BCUT2D eigenvalue weighted by molar-refractivity contribution is 6.31. The zero-order valence-corrected chi connectivity index (χ0v) is 24.8. The minimum atomic E-state index is -0.474. The smallest absolute Gasteiger partial charge is 0.160 e. The second-order valence-electron chi connectivity index (χ2n) is 11.3. The third-order valence-corrected chi connectivity index (χ3v) is 9.06. The highest BCUT2D eigenvalue weighted by atomic mass is 35.5. The lowest BCUT2D eigenvalue weighted by Crippen LogP contribution is -2.51. The summed E-state index contributed by atoms with van der Waals surface area (Å²) in [6.45, 7) is 3.80. The van der Waals surface area contributed by atoms with Crippen LogP contribution >= 0.6 is 23.2 Å². The number of hydrogen-bond acceptors (Lipinski definition) is 7. The maximum absolute atomic E-state index is 13.7. The number of fused-ring (bicyclic) bond motifs is 1. The van der Waals surface area contributed by atoms with Crippen LogP contribution in [0.2, 0.25) is 10.0 Å². The van der Waals surface area contributed by atoms with E-state index in [4.69, 9.17) is 27.9 Å². The lowest BCUT2D eigenvalue weighted by molar-refractivity contribution is -0.0734. The SMILES string of the molecule is Fc1ccc(Nc2nncc3ccc(C[C@@H](c4ccc(Cl)cc4)c4cn(C5CCN(C6COC6)CC5)nn4)cc23)cc1Cl. The Morgan fingerprint density at radius 3 is 2.51 bits per heavy atom. The maximum Gasteiger partial charge on any atom is 0.160 e. The summed E-state index contributed by atoms with van der Waals surface area (Å²) in [5, 5.41) is 23.6. The van der Waals surface area contributed by atoms with E-state index in [1.54, 1.807) is 12.3 Å². The van der Waals surface area contributed by atoms with Gasteiger partial charge in [-0.1, -0.05) is 52.7 Å². The van der Waals surface area contributed by atoms with Crippen LogP contribution in [0, 0.1) is 5.82 Å². The number of rotatable bonds is 8. The maximum atomic E-state index is 13.7. The van der Waals surface area contributed by atoms with E-state index in [1.165, 1.54) is 12.1 Å². The van der Waals surface area contributed by atoms with Crippen molar-refractivity contribution in [1.82, 2.24) is 30.1 Å². The van der Waals surface area contributed by atoms with Gasteiger partial charge in [0.2, 0.25) is 0 Å². The van der Waals surface area contributed by atoms with Crippen LogP contribution in [0.4, 0.5) is 15.9 Å². The van der Waals surface area contributed by atoms with Crippen molar-refractivity contribution in [2.45, 2.75) is 37.3 Å². The van der Waals surface area contributed by atoms with Gasteiger partial charge in [-0.25, -0.2) is 9.07 Å². The van der Waals surface area contributed by atoms with Crippen LogP contribution in [0.15, 0.2) is 73.1 Å². The average Bonchev–Trinajstić information content (AvgIpc) is 3.48. The Labute approximate surface area is 258 Å². The van der Waals surface area contributed by atoms with E-state index in [1.807, 2.05) is 18.2 Å². The molecule has 0 bridgehead atoms. The second kappa shape index (κ2) is 12.2. The number of ether oxygens (including phenoxy) is 1. The molecule has 0 radical (unpaired) electrons. The van der Waals surface area contributed by atoms with Crippen molar-refractivity contribution < 1.29 is 9.13 Å². The Hall–Kier alpha value is -3.63. The molecule has 5 aromatic rings. The predicted octanol–water partition coefficient (Wildman–Crippen LogP) is 6.82. The Balaban J connectivity index is 1.16. The van der Waals surface area contributed by atoms with Crippen LogP contribution in [0.3, 0.4) is 0 Å². The van der Waals surface area contributed by atoms with Crippen molar-refractivity contribution in [3.63, 3.8) is 0 Å². The molecule has 0 spiro atoms. The number of halogens is 3. The van der Waals surface area contributed by atoms with Crippen molar-refractivity contribution in [2.75, 3.05) is 31.6 Å². The number of hydrogen-bond donors (Lipinski definition) is 1. The number of nitrogens with zero attached hydrogens (tertiary/aromatic N) is 6. The largest absolute Gasteiger partial charge is 0.378 e. The molecular weight excluding hydrogens is 588 g/mol. The van der Waals surface area contributed by atoms with Gasteiger partial charge in [0.05, 0.1) is 42.2 Å². The van der Waals surface area contributed by atoms with Gasteiger partial charge in [-0.15, -0.1) is 10.2 Å². The molecule has 1 atom stereocenters. The van der Waals surface area contributed by atoms with Crippen LogP contribution in [0.1, 0.15) is 41.6 Å². The van der Waals surface area contributed by atoms with Crippen LogP contribution in [0.5, 0.6) is 0 Å². The molecule has 2 aliphatic heterocycles. The normalized spacial score (nSPS) is 17.2. The summed E-state index contributed by atoms with van der Waals surface area (Å²) >= 11 is 12.3.